The second-order valence-corrected chi connectivity index (χ2v) is 6.17. The number of carbonyl (C=O) groups is 1. The van der Waals surface area contributed by atoms with Gasteiger partial charge in [0.05, 0.1) is 0 Å². The van der Waals surface area contributed by atoms with Crippen LogP contribution in [-0.2, 0) is 4.79 Å². The van der Waals surface area contributed by atoms with Crippen LogP contribution in [0, 0.1) is 23.7 Å². The smallest absolute Gasteiger partial charge is 0.220 e. The van der Waals surface area contributed by atoms with Crippen molar-refractivity contribution in [2.24, 2.45) is 23.7 Å². The molecule has 2 aliphatic rings. The lowest BCUT2D eigenvalue weighted by Gasteiger charge is -2.21. The molecule has 3 unspecified atom stereocenters. The molecule has 1 amide bonds. The molecule has 16 heavy (non-hydrogen) atoms. The number of nitrogens with one attached hydrogen (secondary N) is 1. The molecule has 2 heteroatoms. The lowest BCUT2D eigenvalue weighted by Crippen LogP contribution is -2.28. The summed E-state index contributed by atoms with van der Waals surface area (Å²) in [4.78, 5) is 11.7. The third-order valence-electron chi connectivity index (χ3n) is 4.38. The van der Waals surface area contributed by atoms with Gasteiger partial charge in [0, 0.05) is 13.0 Å². The molecule has 0 aliphatic heterocycles. The van der Waals surface area contributed by atoms with Crippen molar-refractivity contribution in [1.29, 1.82) is 0 Å². The summed E-state index contributed by atoms with van der Waals surface area (Å²) in [5.41, 5.74) is 0. The van der Waals surface area contributed by atoms with Crippen LogP contribution in [0.5, 0.6) is 0 Å². The van der Waals surface area contributed by atoms with Crippen LogP contribution in [0.1, 0.15) is 52.4 Å². The van der Waals surface area contributed by atoms with Crippen molar-refractivity contribution < 1.29 is 4.79 Å². The van der Waals surface area contributed by atoms with Gasteiger partial charge >= 0.3 is 0 Å². The van der Waals surface area contributed by atoms with Gasteiger partial charge < -0.3 is 5.32 Å². The predicted octanol–water partition coefficient (Wildman–Crippen LogP) is 2.98. The van der Waals surface area contributed by atoms with Gasteiger partial charge in [-0.2, -0.15) is 0 Å². The first-order valence-electron chi connectivity index (χ1n) is 6.92. The molecular formula is C14H25NO. The van der Waals surface area contributed by atoms with Crippen molar-refractivity contribution in [2.45, 2.75) is 52.4 Å². The molecular weight excluding hydrogens is 198 g/mol. The van der Waals surface area contributed by atoms with Crippen LogP contribution in [0.3, 0.4) is 0 Å². The molecule has 0 heterocycles. The lowest BCUT2D eigenvalue weighted by atomic mass is 9.86. The van der Waals surface area contributed by atoms with Crippen LogP contribution in [0.4, 0.5) is 0 Å². The second kappa shape index (κ2) is 5.20. The second-order valence-electron chi connectivity index (χ2n) is 6.17. The molecule has 1 N–H and O–H groups in total. The molecule has 0 aromatic carbocycles. The Morgan fingerprint density at radius 1 is 1.31 bits per heavy atom. The van der Waals surface area contributed by atoms with E-state index in [0.29, 0.717) is 17.7 Å². The summed E-state index contributed by atoms with van der Waals surface area (Å²) in [5, 5.41) is 3.06. The molecule has 2 rings (SSSR count). The van der Waals surface area contributed by atoms with Crippen molar-refractivity contribution >= 4 is 5.91 Å². The molecule has 2 nitrogen and oxygen atoms in total. The lowest BCUT2D eigenvalue weighted by molar-refractivity contribution is -0.122. The average Bonchev–Trinajstić information content (AvgIpc) is 2.78. The molecule has 0 aromatic heterocycles. The van der Waals surface area contributed by atoms with Crippen LogP contribution < -0.4 is 5.32 Å². The number of rotatable bonds is 5. The Labute approximate surface area is 99.2 Å². The first kappa shape index (κ1) is 11.9. The minimum Gasteiger partial charge on any atom is -0.356 e. The van der Waals surface area contributed by atoms with Crippen molar-refractivity contribution in [3.8, 4) is 0 Å². The van der Waals surface area contributed by atoms with E-state index in [-0.39, 0.29) is 0 Å². The maximum absolute atomic E-state index is 11.7. The van der Waals surface area contributed by atoms with Crippen molar-refractivity contribution in [3.05, 3.63) is 0 Å². The van der Waals surface area contributed by atoms with E-state index in [4.69, 9.17) is 0 Å². The highest BCUT2D eigenvalue weighted by Gasteiger charge is 2.39. The molecule has 2 bridgehead atoms. The predicted molar refractivity (Wildman–Crippen MR) is 66.0 cm³/mol. The van der Waals surface area contributed by atoms with Gasteiger partial charge in [-0.05, 0) is 49.4 Å². The highest BCUT2D eigenvalue weighted by molar-refractivity contribution is 5.76. The summed E-state index contributed by atoms with van der Waals surface area (Å²) in [6.45, 7) is 5.25. The minimum absolute atomic E-state index is 0.290. The fourth-order valence-corrected chi connectivity index (χ4v) is 3.44. The van der Waals surface area contributed by atoms with Gasteiger partial charge in [-0.3, -0.25) is 4.79 Å². The molecule has 0 spiro atoms. The van der Waals surface area contributed by atoms with E-state index in [2.05, 4.69) is 19.2 Å². The van der Waals surface area contributed by atoms with E-state index >= 15 is 0 Å². The topological polar surface area (TPSA) is 29.1 Å². The largest absolute Gasteiger partial charge is 0.356 e. The number of hydrogen-bond donors (Lipinski definition) is 1. The van der Waals surface area contributed by atoms with Crippen LogP contribution >= 0.6 is 0 Å². The van der Waals surface area contributed by atoms with Crippen LogP contribution in [0.25, 0.3) is 0 Å². The van der Waals surface area contributed by atoms with Gasteiger partial charge in [0.2, 0.25) is 5.91 Å². The van der Waals surface area contributed by atoms with E-state index in [1.54, 1.807) is 0 Å². The van der Waals surface area contributed by atoms with E-state index in [0.717, 1.165) is 31.2 Å². The molecule has 92 valence electrons. The van der Waals surface area contributed by atoms with E-state index in [9.17, 15) is 4.79 Å². The first-order valence-corrected chi connectivity index (χ1v) is 6.92. The Morgan fingerprint density at radius 2 is 2.12 bits per heavy atom. The summed E-state index contributed by atoms with van der Waals surface area (Å²) in [5.74, 6) is 3.51. The summed E-state index contributed by atoms with van der Waals surface area (Å²) in [7, 11) is 0. The zero-order valence-electron chi connectivity index (χ0n) is 10.7. The zero-order valence-corrected chi connectivity index (χ0v) is 10.7. The summed E-state index contributed by atoms with van der Waals surface area (Å²) in [6.07, 6.45) is 7.43. The molecule has 0 radical (unpaired) electrons. The van der Waals surface area contributed by atoms with Crippen LogP contribution in [0.2, 0.25) is 0 Å². The van der Waals surface area contributed by atoms with Gasteiger partial charge in [0.15, 0.2) is 0 Å². The van der Waals surface area contributed by atoms with Gasteiger partial charge in [-0.25, -0.2) is 0 Å². The molecule has 2 saturated carbocycles. The maximum Gasteiger partial charge on any atom is 0.220 e. The highest BCUT2D eigenvalue weighted by atomic mass is 16.1. The Morgan fingerprint density at radius 3 is 2.69 bits per heavy atom. The summed E-state index contributed by atoms with van der Waals surface area (Å²) < 4.78 is 0. The standard InChI is InChI=1S/C14H25NO/c1-10(2)5-6-15-14(16)9-13-8-11-3-4-12(13)7-11/h10-13H,3-9H2,1-2H3,(H,15,16). The van der Waals surface area contributed by atoms with E-state index < -0.39 is 0 Å². The molecule has 0 saturated heterocycles. The van der Waals surface area contributed by atoms with E-state index in [1.165, 1.54) is 25.7 Å². The SMILES string of the molecule is CC(C)CCNC(=O)CC1CC2CCC1C2. The van der Waals surface area contributed by atoms with Crippen LogP contribution in [0.15, 0.2) is 0 Å². The fourth-order valence-electron chi connectivity index (χ4n) is 3.44. The quantitative estimate of drug-likeness (QED) is 0.762. The zero-order chi connectivity index (χ0) is 11.5. The molecule has 3 atom stereocenters. The van der Waals surface area contributed by atoms with Gasteiger partial charge in [-0.15, -0.1) is 0 Å². The normalized spacial score (nSPS) is 32.3. The van der Waals surface area contributed by atoms with E-state index in [1.807, 2.05) is 0 Å². The fraction of sp³-hybridized carbons (Fsp3) is 0.929. The van der Waals surface area contributed by atoms with Crippen LogP contribution in [-0.4, -0.2) is 12.5 Å². The monoisotopic (exact) mass is 223 g/mol. The average molecular weight is 223 g/mol. The Hall–Kier alpha value is -0.530. The minimum atomic E-state index is 0.290. The number of carbonyl (C=O) groups excluding carboxylic acids is 1. The Bertz CT molecular complexity index is 249. The van der Waals surface area contributed by atoms with Gasteiger partial charge in [-0.1, -0.05) is 20.3 Å². The van der Waals surface area contributed by atoms with Crippen molar-refractivity contribution in [3.63, 3.8) is 0 Å². The molecule has 2 aliphatic carbocycles. The first-order chi connectivity index (χ1) is 7.65. The molecule has 2 fully saturated rings. The highest BCUT2D eigenvalue weighted by Crippen LogP contribution is 2.49. The Balaban J connectivity index is 1.64. The summed E-state index contributed by atoms with van der Waals surface area (Å²) in [6, 6.07) is 0. The molecule has 0 aromatic rings. The third kappa shape index (κ3) is 2.99. The van der Waals surface area contributed by atoms with Crippen molar-refractivity contribution in [2.75, 3.05) is 6.54 Å². The number of amides is 1. The van der Waals surface area contributed by atoms with Gasteiger partial charge in [0.25, 0.3) is 0 Å². The number of fused-ring (bicyclic) bond motifs is 2. The number of hydrogen-bond acceptors (Lipinski definition) is 1. The van der Waals surface area contributed by atoms with Gasteiger partial charge in [0.1, 0.15) is 0 Å². The van der Waals surface area contributed by atoms with Crippen molar-refractivity contribution in [1.82, 2.24) is 5.32 Å². The summed E-state index contributed by atoms with van der Waals surface area (Å²) >= 11 is 0. The Kier molecular flexibility index (Phi) is 3.88. The maximum atomic E-state index is 11.7. The third-order valence-corrected chi connectivity index (χ3v) is 4.38.